The summed E-state index contributed by atoms with van der Waals surface area (Å²) in [5.41, 5.74) is -1.34. The zero-order valence-corrected chi connectivity index (χ0v) is 14.6. The molecule has 5 nitrogen and oxygen atoms in total. The number of hydrogen-bond donors (Lipinski definition) is 1. The number of anilines is 1. The maximum atomic E-state index is 13.9. The lowest BCUT2D eigenvalue weighted by molar-refractivity contribution is -0.268. The van der Waals surface area contributed by atoms with Crippen LogP contribution in [0.25, 0.3) is 11.3 Å². The van der Waals surface area contributed by atoms with E-state index < -0.39 is 17.8 Å². The molecule has 2 aromatic rings. The minimum absolute atomic E-state index is 0.0391. The van der Waals surface area contributed by atoms with Crippen molar-refractivity contribution in [1.29, 1.82) is 0 Å². The number of nitrogens with zero attached hydrogens (tertiary/aromatic N) is 4. The molecule has 2 atom stereocenters. The van der Waals surface area contributed by atoms with Gasteiger partial charge in [-0.05, 0) is 31.4 Å². The first-order valence-electron chi connectivity index (χ1n) is 8.44. The van der Waals surface area contributed by atoms with Crippen LogP contribution < -0.4 is 5.01 Å². The van der Waals surface area contributed by atoms with Crippen molar-refractivity contribution in [3.63, 3.8) is 0 Å². The summed E-state index contributed by atoms with van der Waals surface area (Å²) in [5.74, 6) is -1.04. The van der Waals surface area contributed by atoms with Gasteiger partial charge < -0.3 is 5.11 Å². The van der Waals surface area contributed by atoms with Crippen molar-refractivity contribution < 1.29 is 18.3 Å². The number of alkyl halides is 3. The Morgan fingerprint density at radius 3 is 2.69 bits per heavy atom. The number of hydrazone groups is 1. The van der Waals surface area contributed by atoms with E-state index in [4.69, 9.17) is 0 Å². The fraction of sp³-hybridized carbons (Fsp3) is 0.471. The van der Waals surface area contributed by atoms with Crippen molar-refractivity contribution in [2.45, 2.75) is 44.0 Å². The van der Waals surface area contributed by atoms with Gasteiger partial charge in [-0.3, -0.25) is 4.98 Å². The van der Waals surface area contributed by atoms with Gasteiger partial charge >= 0.3 is 6.18 Å². The predicted molar refractivity (Wildman–Crippen MR) is 92.8 cm³/mol. The first-order chi connectivity index (χ1) is 12.4. The van der Waals surface area contributed by atoms with Crippen LogP contribution in [0.5, 0.6) is 0 Å². The van der Waals surface area contributed by atoms with Gasteiger partial charge in [0.25, 0.3) is 5.72 Å². The molecule has 2 aromatic heterocycles. The van der Waals surface area contributed by atoms with Crippen molar-refractivity contribution in [2.75, 3.05) is 5.01 Å². The van der Waals surface area contributed by atoms with E-state index in [9.17, 15) is 18.3 Å². The highest BCUT2D eigenvalue weighted by Gasteiger charge is 2.67. The molecular weight excluding hydrogens is 365 g/mol. The van der Waals surface area contributed by atoms with Crippen LogP contribution in [0.3, 0.4) is 0 Å². The second-order valence-electron chi connectivity index (χ2n) is 6.53. The summed E-state index contributed by atoms with van der Waals surface area (Å²) >= 11 is 1.04. The van der Waals surface area contributed by atoms with Crippen LogP contribution in [0.2, 0.25) is 0 Å². The van der Waals surface area contributed by atoms with Gasteiger partial charge in [0.1, 0.15) is 0 Å². The van der Waals surface area contributed by atoms with Gasteiger partial charge in [0, 0.05) is 29.0 Å². The molecule has 1 saturated carbocycles. The summed E-state index contributed by atoms with van der Waals surface area (Å²) in [7, 11) is 0. The second-order valence-corrected chi connectivity index (χ2v) is 7.37. The normalized spacial score (nSPS) is 26.4. The molecule has 26 heavy (non-hydrogen) atoms. The van der Waals surface area contributed by atoms with Gasteiger partial charge in [-0.2, -0.15) is 23.3 Å². The van der Waals surface area contributed by atoms with Gasteiger partial charge in [-0.15, -0.1) is 11.3 Å². The van der Waals surface area contributed by atoms with Crippen LogP contribution in [0.4, 0.5) is 18.3 Å². The average molecular weight is 382 g/mol. The van der Waals surface area contributed by atoms with Crippen molar-refractivity contribution >= 4 is 22.2 Å². The summed E-state index contributed by atoms with van der Waals surface area (Å²) in [4.78, 5) is 8.23. The fourth-order valence-electron chi connectivity index (χ4n) is 3.60. The SMILES string of the molecule is O[C@]1(C(F)(F)F)[C@@H]2CCCCCC2=NN1c1nc(-c2ccncc2)cs1. The van der Waals surface area contributed by atoms with E-state index in [0.29, 0.717) is 29.3 Å². The zero-order chi connectivity index (χ0) is 18.4. The highest BCUT2D eigenvalue weighted by molar-refractivity contribution is 7.14. The number of halogens is 3. The van der Waals surface area contributed by atoms with Crippen LogP contribution in [-0.4, -0.2) is 32.7 Å². The van der Waals surface area contributed by atoms with Gasteiger partial charge in [0.2, 0.25) is 5.13 Å². The Bertz CT molecular complexity index is 823. The predicted octanol–water partition coefficient (Wildman–Crippen LogP) is 4.21. The Morgan fingerprint density at radius 1 is 1.19 bits per heavy atom. The van der Waals surface area contributed by atoms with E-state index in [-0.39, 0.29) is 11.6 Å². The second kappa shape index (κ2) is 6.31. The number of fused-ring (bicyclic) bond motifs is 1. The third-order valence-corrected chi connectivity index (χ3v) is 5.75. The summed E-state index contributed by atoms with van der Waals surface area (Å²) in [6.07, 6.45) is 1.38. The molecule has 138 valence electrons. The molecule has 0 saturated heterocycles. The monoisotopic (exact) mass is 382 g/mol. The molecule has 0 unspecified atom stereocenters. The summed E-state index contributed by atoms with van der Waals surface area (Å²) in [6, 6.07) is 3.46. The highest BCUT2D eigenvalue weighted by atomic mass is 32.1. The lowest BCUT2D eigenvalue weighted by atomic mass is 9.87. The molecular formula is C17H17F3N4OS. The minimum atomic E-state index is -4.84. The highest BCUT2D eigenvalue weighted by Crippen LogP contribution is 2.50. The minimum Gasteiger partial charge on any atom is -0.362 e. The van der Waals surface area contributed by atoms with Gasteiger partial charge in [0.05, 0.1) is 11.6 Å². The molecule has 1 aliphatic heterocycles. The number of hydrogen-bond acceptors (Lipinski definition) is 6. The van der Waals surface area contributed by atoms with Gasteiger partial charge in [0.15, 0.2) is 0 Å². The maximum Gasteiger partial charge on any atom is 0.439 e. The third-order valence-electron chi connectivity index (χ3n) is 4.93. The molecule has 2 aliphatic rings. The van der Waals surface area contributed by atoms with Gasteiger partial charge in [-0.25, -0.2) is 4.98 Å². The Kier molecular flexibility index (Phi) is 4.23. The fourth-order valence-corrected chi connectivity index (χ4v) is 4.44. The van der Waals surface area contributed by atoms with Crippen molar-refractivity contribution in [3.8, 4) is 11.3 Å². The summed E-state index contributed by atoms with van der Waals surface area (Å²) < 4.78 is 41.8. The Hall–Kier alpha value is -2.00. The molecule has 1 aliphatic carbocycles. The molecule has 3 heterocycles. The van der Waals surface area contributed by atoms with Crippen molar-refractivity contribution in [3.05, 3.63) is 29.9 Å². The van der Waals surface area contributed by atoms with Crippen molar-refractivity contribution in [2.24, 2.45) is 11.0 Å². The Morgan fingerprint density at radius 2 is 1.96 bits per heavy atom. The number of pyridine rings is 1. The quantitative estimate of drug-likeness (QED) is 0.845. The standard InChI is InChI=1S/C17H17F3N4OS/c18-17(19,20)16(25)12-4-2-1-3-5-13(12)23-24(16)15-22-14(10-26-15)11-6-8-21-9-7-11/h6-10,12,25H,1-5H2/t12-,16+/m1/s1. The maximum absolute atomic E-state index is 13.9. The van der Waals surface area contributed by atoms with E-state index in [1.54, 1.807) is 29.9 Å². The van der Waals surface area contributed by atoms with E-state index in [2.05, 4.69) is 15.1 Å². The molecule has 1 N–H and O–H groups in total. The summed E-state index contributed by atoms with van der Waals surface area (Å²) in [5, 5.41) is 17.4. The zero-order valence-electron chi connectivity index (χ0n) is 13.8. The number of aliphatic hydroxyl groups is 1. The topological polar surface area (TPSA) is 61.6 Å². The van der Waals surface area contributed by atoms with Crippen LogP contribution >= 0.6 is 11.3 Å². The molecule has 0 bridgehead atoms. The number of rotatable bonds is 2. The number of aromatic nitrogens is 2. The lowest BCUT2D eigenvalue weighted by Crippen LogP contribution is -2.60. The van der Waals surface area contributed by atoms with Crippen LogP contribution in [0.15, 0.2) is 35.0 Å². The molecule has 0 aromatic carbocycles. The van der Waals surface area contributed by atoms with Crippen LogP contribution in [-0.2, 0) is 0 Å². The van der Waals surface area contributed by atoms with E-state index in [1.807, 2.05) is 0 Å². The van der Waals surface area contributed by atoms with Crippen LogP contribution in [0.1, 0.15) is 32.1 Å². The third kappa shape index (κ3) is 2.69. The first-order valence-corrected chi connectivity index (χ1v) is 9.32. The molecule has 1 fully saturated rings. The lowest BCUT2D eigenvalue weighted by Gasteiger charge is -2.37. The summed E-state index contributed by atoms with van der Waals surface area (Å²) in [6.45, 7) is 0. The molecule has 0 amide bonds. The Balaban J connectivity index is 1.76. The first kappa shape index (κ1) is 17.4. The molecule has 9 heteroatoms. The van der Waals surface area contributed by atoms with E-state index in [1.165, 1.54) is 0 Å². The number of thiazole rings is 1. The van der Waals surface area contributed by atoms with Crippen molar-refractivity contribution in [1.82, 2.24) is 9.97 Å². The van der Waals surface area contributed by atoms with Crippen LogP contribution in [0, 0.1) is 5.92 Å². The smallest absolute Gasteiger partial charge is 0.362 e. The molecule has 0 radical (unpaired) electrons. The Labute approximate surface area is 152 Å². The largest absolute Gasteiger partial charge is 0.439 e. The molecule has 4 rings (SSSR count). The van der Waals surface area contributed by atoms with Gasteiger partial charge in [-0.1, -0.05) is 12.8 Å². The average Bonchev–Trinajstić information content (AvgIpc) is 3.12. The van der Waals surface area contributed by atoms with E-state index in [0.717, 1.165) is 29.7 Å². The molecule has 0 spiro atoms. The van der Waals surface area contributed by atoms with E-state index >= 15 is 0 Å².